The number of nitrogen functional groups attached to an aromatic ring is 1. The summed E-state index contributed by atoms with van der Waals surface area (Å²) in [5.41, 5.74) is 8.14. The fraction of sp³-hybridized carbons (Fsp3) is 0.694. The highest BCUT2D eigenvalue weighted by atomic mass is 31.2. The number of fused-ring (bicyclic) bond motifs is 1. The predicted octanol–water partition coefficient (Wildman–Crippen LogP) is 7.87. The van der Waals surface area contributed by atoms with Gasteiger partial charge in [0.15, 0.2) is 18.5 Å². The first-order chi connectivity index (χ1) is 23.5. The second-order valence-electron chi connectivity index (χ2n) is 12.7. The van der Waals surface area contributed by atoms with E-state index in [2.05, 4.69) is 21.9 Å². The Kier molecular flexibility index (Phi) is 20.6. The van der Waals surface area contributed by atoms with Crippen molar-refractivity contribution in [2.75, 3.05) is 38.5 Å². The molecule has 0 bridgehead atoms. The molecule has 0 aliphatic carbocycles. The molecule has 0 aliphatic heterocycles. The van der Waals surface area contributed by atoms with Crippen LogP contribution in [-0.4, -0.2) is 58.7 Å². The van der Waals surface area contributed by atoms with E-state index in [1.807, 2.05) is 30.3 Å². The van der Waals surface area contributed by atoms with E-state index in [9.17, 15) is 9.46 Å². The van der Waals surface area contributed by atoms with Gasteiger partial charge in [-0.3, -0.25) is 9.55 Å². The molecule has 0 spiro atoms. The fourth-order valence-corrected chi connectivity index (χ4v) is 6.43. The number of rotatable bonds is 30. The average molecular weight is 691 g/mol. The number of anilines is 1. The second-order valence-corrected chi connectivity index (χ2v) is 14.5. The molecular weight excluding hydrogens is 629 g/mol. The lowest BCUT2D eigenvalue weighted by Gasteiger charge is -2.20. The van der Waals surface area contributed by atoms with Crippen LogP contribution in [0.2, 0.25) is 0 Å². The molecule has 2 atom stereocenters. The Morgan fingerprint density at radius 1 is 0.833 bits per heavy atom. The molecule has 48 heavy (non-hydrogen) atoms. The number of aromatic amines is 1. The molecule has 12 heteroatoms. The number of benzene rings is 1. The van der Waals surface area contributed by atoms with Crippen molar-refractivity contribution < 1.29 is 32.8 Å². The van der Waals surface area contributed by atoms with Gasteiger partial charge in [0.1, 0.15) is 12.5 Å². The zero-order valence-electron chi connectivity index (χ0n) is 29.2. The van der Waals surface area contributed by atoms with Crippen LogP contribution in [0.1, 0.15) is 115 Å². The summed E-state index contributed by atoms with van der Waals surface area (Å²) in [5.74, 6) is 0.353. The zero-order valence-corrected chi connectivity index (χ0v) is 30.1. The average Bonchev–Trinajstić information content (AvgIpc) is 3.51. The van der Waals surface area contributed by atoms with E-state index in [1.54, 1.807) is 10.9 Å². The number of H-pyrrole nitrogens is 1. The molecule has 0 fully saturated rings. The summed E-state index contributed by atoms with van der Waals surface area (Å²) < 4.78 is 37.4. The molecule has 3 aromatic rings. The lowest BCUT2D eigenvalue weighted by molar-refractivity contribution is -0.674. The normalized spacial score (nSPS) is 13.6. The molecule has 2 heterocycles. The van der Waals surface area contributed by atoms with Crippen LogP contribution in [0.15, 0.2) is 43.0 Å². The minimum absolute atomic E-state index is 0.0731. The first-order valence-electron chi connectivity index (χ1n) is 18.2. The number of nitrogens with zero attached hydrogens (tertiary/aromatic N) is 3. The lowest BCUT2D eigenvalue weighted by atomic mass is 10.0. The number of nitrogens with one attached hydrogen (secondary N) is 1. The maximum atomic E-state index is 12.7. The van der Waals surface area contributed by atoms with Gasteiger partial charge in [0, 0.05) is 6.61 Å². The van der Waals surface area contributed by atoms with Gasteiger partial charge < -0.3 is 29.4 Å². The largest absolute Gasteiger partial charge is 0.380 e. The first-order valence-corrected chi connectivity index (χ1v) is 20.0. The van der Waals surface area contributed by atoms with Crippen LogP contribution in [0.4, 0.5) is 5.82 Å². The predicted molar refractivity (Wildman–Crippen MR) is 190 cm³/mol. The highest BCUT2D eigenvalue weighted by molar-refractivity contribution is 7.52. The molecule has 0 saturated heterocycles. The third kappa shape index (κ3) is 17.3. The van der Waals surface area contributed by atoms with Crippen molar-refractivity contribution in [3.05, 3.63) is 48.5 Å². The smallest absolute Gasteiger partial charge is 0.353 e. The molecule has 4 N–H and O–H groups in total. The summed E-state index contributed by atoms with van der Waals surface area (Å²) >= 11 is 0. The molecule has 0 radical (unpaired) electrons. The van der Waals surface area contributed by atoms with Gasteiger partial charge >= 0.3 is 13.2 Å². The third-order valence-corrected chi connectivity index (χ3v) is 9.52. The highest BCUT2D eigenvalue weighted by Crippen LogP contribution is 2.41. The van der Waals surface area contributed by atoms with E-state index >= 15 is 0 Å². The van der Waals surface area contributed by atoms with E-state index in [4.69, 9.17) is 24.5 Å². The maximum absolute atomic E-state index is 12.7. The number of ether oxygens (including phenoxy) is 3. The molecule has 2 aromatic heterocycles. The van der Waals surface area contributed by atoms with Crippen LogP contribution in [0, 0.1) is 0 Å². The molecule has 0 aliphatic rings. The molecule has 1 aromatic carbocycles. The van der Waals surface area contributed by atoms with Gasteiger partial charge in [-0.2, -0.15) is 4.98 Å². The quantitative estimate of drug-likeness (QED) is 0.0361. The molecule has 1 unspecified atom stereocenters. The van der Waals surface area contributed by atoms with E-state index in [0.717, 1.165) is 18.4 Å². The number of hydrogen-bond acceptors (Lipinski definition) is 8. The van der Waals surface area contributed by atoms with E-state index < -0.39 is 20.0 Å². The van der Waals surface area contributed by atoms with Gasteiger partial charge in [-0.05, 0) is 12.0 Å². The Labute approximate surface area is 287 Å². The van der Waals surface area contributed by atoms with Gasteiger partial charge in [0.25, 0.3) is 0 Å². The molecule has 11 nitrogen and oxygen atoms in total. The van der Waals surface area contributed by atoms with Gasteiger partial charge in [-0.25, -0.2) is 4.57 Å². The topological polar surface area (TPSA) is 146 Å². The van der Waals surface area contributed by atoms with Crippen LogP contribution in [0.5, 0.6) is 0 Å². The van der Waals surface area contributed by atoms with Gasteiger partial charge in [0.2, 0.25) is 5.52 Å². The first kappa shape index (κ1) is 40.0. The van der Waals surface area contributed by atoms with Crippen LogP contribution in [0.3, 0.4) is 0 Å². The van der Waals surface area contributed by atoms with Crippen molar-refractivity contribution >= 4 is 24.6 Å². The molecule has 3 rings (SSSR count). The molecule has 0 saturated carbocycles. The maximum Gasteiger partial charge on any atom is 0.353 e. The summed E-state index contributed by atoms with van der Waals surface area (Å²) in [5, 5.41) is 0. The van der Waals surface area contributed by atoms with Crippen LogP contribution in [0.25, 0.3) is 11.2 Å². The Balaban J connectivity index is 1.24. The summed E-state index contributed by atoms with van der Waals surface area (Å²) in [6.45, 7) is 4.07. The minimum Gasteiger partial charge on any atom is -0.380 e. The summed E-state index contributed by atoms with van der Waals surface area (Å²) in [6, 6.07) is 9.81. The van der Waals surface area contributed by atoms with Gasteiger partial charge in [-0.15, -0.1) is 0 Å². The van der Waals surface area contributed by atoms with Crippen LogP contribution < -0.4 is 10.3 Å². The molecule has 0 amide bonds. The second kappa shape index (κ2) is 24.7. The SMILES string of the molecule is CCCCCCCCCCCCCCCCCCOC[C@H](COP(=O)(O)COCC[n+]1c[nH]c2c(N)ncnc21)OCc1ccccc1. The van der Waals surface area contributed by atoms with Crippen LogP contribution >= 0.6 is 7.60 Å². The fourth-order valence-electron chi connectivity index (χ4n) is 5.60. The van der Waals surface area contributed by atoms with Crippen LogP contribution in [-0.2, 0) is 36.5 Å². The van der Waals surface area contributed by atoms with Gasteiger partial charge in [-0.1, -0.05) is 139 Å². The molecule has 270 valence electrons. The Bertz CT molecular complexity index is 1280. The summed E-state index contributed by atoms with van der Waals surface area (Å²) in [7, 11) is -4.00. The van der Waals surface area contributed by atoms with Crippen molar-refractivity contribution in [3.8, 4) is 0 Å². The summed E-state index contributed by atoms with van der Waals surface area (Å²) in [6.07, 6.45) is 23.4. The Morgan fingerprint density at radius 2 is 1.46 bits per heavy atom. The van der Waals surface area contributed by atoms with E-state index in [0.29, 0.717) is 36.7 Å². The monoisotopic (exact) mass is 690 g/mol. The number of hydrogen-bond donors (Lipinski definition) is 3. The third-order valence-electron chi connectivity index (χ3n) is 8.46. The van der Waals surface area contributed by atoms with Crippen molar-refractivity contribution in [1.29, 1.82) is 0 Å². The zero-order chi connectivity index (χ0) is 34.1. The van der Waals surface area contributed by atoms with Crippen molar-refractivity contribution in [3.63, 3.8) is 0 Å². The minimum atomic E-state index is -4.00. The number of aromatic nitrogens is 4. The standard InChI is InChI=1S/C36H60N5O6P/c1-2-3-4-5-6-7-8-9-10-11-12-13-14-15-16-20-24-44-27-33(46-26-32-21-18-17-19-22-32)28-47-48(42,43)31-45-25-23-41-30-40-34-35(37)38-29-39-36(34)41/h17-19,21-22,29-30,33H,2-16,20,23-28,31H2,1H3,(H3,37,38,39,42,43)/p+1/t33-/m1/s1. The Morgan fingerprint density at radius 3 is 2.10 bits per heavy atom. The Hall–Kier alpha value is -2.40. The van der Waals surface area contributed by atoms with Crippen molar-refractivity contribution in [2.24, 2.45) is 0 Å². The van der Waals surface area contributed by atoms with E-state index in [1.165, 1.54) is 96.2 Å². The van der Waals surface area contributed by atoms with Gasteiger partial charge in [0.05, 0.1) is 33.0 Å². The highest BCUT2D eigenvalue weighted by Gasteiger charge is 2.23. The lowest BCUT2D eigenvalue weighted by Crippen LogP contribution is -2.35. The number of unbranched alkanes of at least 4 members (excludes halogenated alkanes) is 15. The van der Waals surface area contributed by atoms with Crippen molar-refractivity contribution in [1.82, 2.24) is 15.0 Å². The van der Waals surface area contributed by atoms with Crippen molar-refractivity contribution in [2.45, 2.75) is 129 Å². The summed E-state index contributed by atoms with van der Waals surface area (Å²) in [4.78, 5) is 21.6. The molecular formula is C36H61N5O6P+. The number of nitrogens with two attached hydrogens (primary N) is 1. The number of imidazole rings is 1. The van der Waals surface area contributed by atoms with E-state index in [-0.39, 0.29) is 19.8 Å².